The minimum Gasteiger partial charge on any atom is -0.465 e. The molecule has 1 fully saturated rings. The van der Waals surface area contributed by atoms with E-state index in [0.29, 0.717) is 44.5 Å². The Kier molecular flexibility index (Phi) is 8.81. The molecule has 1 aliphatic carbocycles. The van der Waals surface area contributed by atoms with Crippen LogP contribution in [0.15, 0.2) is 23.1 Å². The standard InChI is InChI=1S/C13H17F3N2O5S.C7H11NO3/c1-12(2,3)22-11(19)18-9-5-4-6-10(8(9)7-17-18)23-24(20,21)13(14,15)16;9-6-2-1-4-8(5-3-6)7(10)11/h6,17H,4-5,7H2,1-3H3;1-5H2,(H,10,11). The molecule has 0 unspecified atom stereocenters. The van der Waals surface area contributed by atoms with Crippen molar-refractivity contribution in [1.82, 2.24) is 15.3 Å². The van der Waals surface area contributed by atoms with Crippen LogP contribution in [0.4, 0.5) is 22.8 Å². The maximum atomic E-state index is 12.5. The van der Waals surface area contributed by atoms with Crippen LogP contribution in [-0.4, -0.2) is 72.1 Å². The topological polar surface area (TPSA) is 143 Å². The third kappa shape index (κ3) is 7.85. The Bertz CT molecular complexity index is 1020. The summed E-state index contributed by atoms with van der Waals surface area (Å²) in [5.41, 5.74) is -3.11. The number of carbonyl (C=O) groups excluding carboxylic acids is 2. The second-order valence-corrected chi connectivity index (χ2v) is 10.4. The molecule has 15 heteroatoms. The zero-order valence-electron chi connectivity index (χ0n) is 19.5. The number of ether oxygens (including phenoxy) is 1. The van der Waals surface area contributed by atoms with E-state index < -0.39 is 39.2 Å². The SMILES string of the molecule is CC(C)(C)OC(=O)N1NCC2=C1CCC=C2OS(=O)(=O)C(F)(F)F.O=C1CCCN(C(=O)O)CC1. The highest BCUT2D eigenvalue weighted by molar-refractivity contribution is 7.87. The lowest BCUT2D eigenvalue weighted by Crippen LogP contribution is -2.41. The van der Waals surface area contributed by atoms with E-state index in [2.05, 4.69) is 9.61 Å². The summed E-state index contributed by atoms with van der Waals surface area (Å²) in [4.78, 5) is 34.7. The molecule has 2 N–H and O–H groups in total. The number of carboxylic acid groups (broad SMARTS) is 1. The van der Waals surface area contributed by atoms with Gasteiger partial charge in [-0.25, -0.2) is 20.0 Å². The quantitative estimate of drug-likeness (QED) is 0.409. The zero-order chi connectivity index (χ0) is 26.6. The van der Waals surface area contributed by atoms with Gasteiger partial charge in [0.1, 0.15) is 17.1 Å². The summed E-state index contributed by atoms with van der Waals surface area (Å²) < 4.78 is 69.2. The van der Waals surface area contributed by atoms with Gasteiger partial charge in [-0.1, -0.05) is 0 Å². The predicted octanol–water partition coefficient (Wildman–Crippen LogP) is 3.26. The van der Waals surface area contributed by atoms with Gasteiger partial charge in [-0.05, 0) is 46.1 Å². The molecular formula is C20H28F3N3O8S. The number of likely N-dealkylation sites (tertiary alicyclic amines) is 1. The number of alkyl halides is 3. The van der Waals surface area contributed by atoms with Crippen molar-refractivity contribution in [1.29, 1.82) is 0 Å². The van der Waals surface area contributed by atoms with E-state index in [1.807, 2.05) is 0 Å². The Morgan fingerprint density at radius 3 is 2.34 bits per heavy atom. The van der Waals surface area contributed by atoms with Crippen molar-refractivity contribution in [2.45, 2.75) is 64.0 Å². The van der Waals surface area contributed by atoms with Gasteiger partial charge in [0, 0.05) is 38.0 Å². The number of hydrazine groups is 1. The van der Waals surface area contributed by atoms with Crippen molar-refractivity contribution < 1.29 is 50.0 Å². The van der Waals surface area contributed by atoms with Gasteiger partial charge in [0.15, 0.2) is 0 Å². The number of nitrogens with zero attached hydrogens (tertiary/aromatic N) is 2. The highest BCUT2D eigenvalue weighted by Crippen LogP contribution is 2.35. The molecule has 1 saturated heterocycles. The number of allylic oxidation sites excluding steroid dienone is 2. The van der Waals surface area contributed by atoms with Crippen LogP contribution in [0.25, 0.3) is 0 Å². The van der Waals surface area contributed by atoms with Crippen LogP contribution in [0.3, 0.4) is 0 Å². The fourth-order valence-corrected chi connectivity index (χ4v) is 3.83. The number of halogens is 3. The van der Waals surface area contributed by atoms with E-state index in [1.165, 1.54) is 11.0 Å². The molecule has 2 heterocycles. The zero-order valence-corrected chi connectivity index (χ0v) is 20.3. The summed E-state index contributed by atoms with van der Waals surface area (Å²) in [7, 11) is -5.77. The maximum absolute atomic E-state index is 12.5. The molecule has 0 radical (unpaired) electrons. The summed E-state index contributed by atoms with van der Waals surface area (Å²) in [6.45, 7) is 5.83. The summed E-state index contributed by atoms with van der Waals surface area (Å²) in [5.74, 6) is -0.249. The third-order valence-electron chi connectivity index (χ3n) is 4.91. The Morgan fingerprint density at radius 2 is 1.77 bits per heavy atom. The molecule has 3 rings (SSSR count). The molecule has 2 amide bonds. The first-order valence-electron chi connectivity index (χ1n) is 10.7. The van der Waals surface area contributed by atoms with Crippen molar-refractivity contribution in [3.05, 3.63) is 23.1 Å². The van der Waals surface area contributed by atoms with E-state index >= 15 is 0 Å². The van der Waals surface area contributed by atoms with Crippen molar-refractivity contribution >= 4 is 28.1 Å². The molecule has 0 saturated carbocycles. The summed E-state index contributed by atoms with van der Waals surface area (Å²) >= 11 is 0. The Hall–Kier alpha value is -2.81. The fraction of sp³-hybridized carbons (Fsp3) is 0.650. The molecular weight excluding hydrogens is 499 g/mol. The highest BCUT2D eigenvalue weighted by Gasteiger charge is 2.49. The third-order valence-corrected chi connectivity index (χ3v) is 5.88. The molecule has 35 heavy (non-hydrogen) atoms. The molecule has 0 aromatic rings. The van der Waals surface area contributed by atoms with Gasteiger partial charge >= 0.3 is 27.8 Å². The van der Waals surface area contributed by atoms with Crippen molar-refractivity contribution in [2.24, 2.45) is 0 Å². The van der Waals surface area contributed by atoms with Gasteiger partial charge in [0.05, 0.1) is 5.70 Å². The van der Waals surface area contributed by atoms with Crippen LogP contribution in [0.2, 0.25) is 0 Å². The summed E-state index contributed by atoms with van der Waals surface area (Å²) in [5, 5.41) is 9.63. The number of rotatable bonds is 2. The minimum absolute atomic E-state index is 0.0478. The lowest BCUT2D eigenvalue weighted by Gasteiger charge is -2.26. The van der Waals surface area contributed by atoms with Gasteiger partial charge in [0.2, 0.25) is 0 Å². The molecule has 0 atom stereocenters. The van der Waals surface area contributed by atoms with Crippen LogP contribution in [0.1, 0.15) is 52.9 Å². The predicted molar refractivity (Wildman–Crippen MR) is 115 cm³/mol. The number of hydrogen-bond acceptors (Lipinski definition) is 8. The molecule has 0 bridgehead atoms. The number of ketones is 1. The average Bonchev–Trinajstić information content (AvgIpc) is 3.02. The first-order chi connectivity index (χ1) is 16.0. The average molecular weight is 528 g/mol. The van der Waals surface area contributed by atoms with Crippen LogP contribution >= 0.6 is 0 Å². The molecule has 198 valence electrons. The van der Waals surface area contributed by atoms with Gasteiger partial charge < -0.3 is 18.9 Å². The molecule has 11 nitrogen and oxygen atoms in total. The minimum atomic E-state index is -5.77. The maximum Gasteiger partial charge on any atom is 0.534 e. The number of Topliss-reactive ketones (excluding diaryl/α,β-unsaturated/α-hetero) is 1. The Balaban J connectivity index is 0.000000328. The molecule has 3 aliphatic rings. The van der Waals surface area contributed by atoms with Crippen LogP contribution in [0, 0.1) is 0 Å². The molecule has 2 aliphatic heterocycles. The first-order valence-corrected chi connectivity index (χ1v) is 12.1. The largest absolute Gasteiger partial charge is 0.534 e. The van der Waals surface area contributed by atoms with Crippen LogP contribution in [-0.2, 0) is 23.8 Å². The van der Waals surface area contributed by atoms with Gasteiger partial charge in [-0.15, -0.1) is 0 Å². The van der Waals surface area contributed by atoms with E-state index in [4.69, 9.17) is 9.84 Å². The van der Waals surface area contributed by atoms with Crippen molar-refractivity contribution in [3.63, 3.8) is 0 Å². The Labute approximate surface area is 200 Å². The number of carbonyl (C=O) groups is 3. The van der Waals surface area contributed by atoms with Crippen molar-refractivity contribution in [2.75, 3.05) is 19.6 Å². The number of nitrogens with one attached hydrogen (secondary N) is 1. The number of amides is 2. The van der Waals surface area contributed by atoms with E-state index in [1.54, 1.807) is 20.8 Å². The Morgan fingerprint density at radius 1 is 1.11 bits per heavy atom. The fourth-order valence-electron chi connectivity index (χ4n) is 3.33. The first kappa shape index (κ1) is 28.4. The highest BCUT2D eigenvalue weighted by atomic mass is 32.2. The van der Waals surface area contributed by atoms with E-state index in [9.17, 15) is 36.0 Å². The van der Waals surface area contributed by atoms with Crippen molar-refractivity contribution in [3.8, 4) is 0 Å². The molecule has 0 aromatic carbocycles. The monoisotopic (exact) mass is 527 g/mol. The smallest absolute Gasteiger partial charge is 0.465 e. The van der Waals surface area contributed by atoms with E-state index in [-0.39, 0.29) is 24.3 Å². The van der Waals surface area contributed by atoms with Gasteiger partial charge in [0.25, 0.3) is 0 Å². The second-order valence-electron chi connectivity index (χ2n) is 8.83. The second kappa shape index (κ2) is 10.8. The lowest BCUT2D eigenvalue weighted by atomic mass is 10.0. The lowest BCUT2D eigenvalue weighted by molar-refractivity contribution is -0.118. The summed E-state index contributed by atoms with van der Waals surface area (Å²) in [6.07, 6.45) is 1.75. The van der Waals surface area contributed by atoms with E-state index in [0.717, 1.165) is 5.01 Å². The summed E-state index contributed by atoms with van der Waals surface area (Å²) in [6, 6.07) is 0. The van der Waals surface area contributed by atoms with Gasteiger partial charge in [-0.3, -0.25) is 4.79 Å². The number of hydrogen-bond donors (Lipinski definition) is 2. The molecule has 0 spiro atoms. The van der Waals surface area contributed by atoms with Gasteiger partial charge in [-0.2, -0.15) is 21.6 Å². The molecule has 0 aromatic heterocycles. The normalized spacial score (nSPS) is 19.3. The van der Waals surface area contributed by atoms with Crippen LogP contribution in [0.5, 0.6) is 0 Å². The van der Waals surface area contributed by atoms with Crippen LogP contribution < -0.4 is 5.43 Å².